The third-order valence-electron chi connectivity index (χ3n) is 1.01. The predicted octanol–water partition coefficient (Wildman–Crippen LogP) is 1.41. The van der Waals surface area contributed by atoms with Crippen molar-refractivity contribution in [2.24, 2.45) is 5.73 Å². The van der Waals surface area contributed by atoms with E-state index in [9.17, 15) is 0 Å². The van der Waals surface area contributed by atoms with Gasteiger partial charge in [0.15, 0.2) is 5.17 Å². The second-order valence-corrected chi connectivity index (χ2v) is 3.51. The Hall–Kier alpha value is 0.360. The van der Waals surface area contributed by atoms with Crippen LogP contribution in [0.3, 0.4) is 0 Å². The van der Waals surface area contributed by atoms with Gasteiger partial charge in [0, 0.05) is 5.75 Å². The second kappa shape index (κ2) is 11.4. The van der Waals surface area contributed by atoms with Crippen molar-refractivity contribution in [3.05, 3.63) is 0 Å². The molecule has 6 heteroatoms. The summed E-state index contributed by atoms with van der Waals surface area (Å²) in [5.41, 5.74) is 5.14. The molecule has 0 aliphatic rings. The van der Waals surface area contributed by atoms with Crippen molar-refractivity contribution >= 4 is 41.7 Å². The minimum atomic E-state index is 0. The van der Waals surface area contributed by atoms with Gasteiger partial charge in [-0.25, -0.2) is 0 Å². The number of halogens is 2. The van der Waals surface area contributed by atoms with Gasteiger partial charge in [0.2, 0.25) is 0 Å². The van der Waals surface area contributed by atoms with Gasteiger partial charge >= 0.3 is 0 Å². The summed E-state index contributed by atoms with van der Waals surface area (Å²) >= 11 is 1.41. The van der Waals surface area contributed by atoms with Gasteiger partial charge in [-0.1, -0.05) is 11.8 Å². The maximum Gasteiger partial charge on any atom is 0.151 e. The van der Waals surface area contributed by atoms with E-state index in [0.29, 0.717) is 0 Å². The molecule has 0 atom stereocenters. The van der Waals surface area contributed by atoms with Gasteiger partial charge in [-0.2, -0.15) is 0 Å². The highest BCUT2D eigenvalue weighted by atomic mass is 35.5. The summed E-state index contributed by atoms with van der Waals surface area (Å²) < 4.78 is 0. The van der Waals surface area contributed by atoms with Crippen LogP contribution in [0.25, 0.3) is 0 Å². The third kappa shape index (κ3) is 16.8. The number of rotatable bonds is 4. The largest absolute Gasteiger partial charge is 0.379 e. The van der Waals surface area contributed by atoms with Gasteiger partial charge in [-0.15, -0.1) is 24.8 Å². The first-order valence-electron chi connectivity index (χ1n) is 3.24. The number of nitrogens with two attached hydrogens (primary N) is 1. The Morgan fingerprint density at radius 3 is 2.25 bits per heavy atom. The number of hydrogen-bond donors (Lipinski definition) is 2. The first-order valence-corrected chi connectivity index (χ1v) is 4.23. The average Bonchev–Trinajstić information content (AvgIpc) is 1.79. The summed E-state index contributed by atoms with van der Waals surface area (Å²) in [5, 5.41) is 7.13. The van der Waals surface area contributed by atoms with Gasteiger partial charge in [0.05, 0.1) is 0 Å². The molecular formula is C6H17Cl2N3S. The molecule has 0 aromatic carbocycles. The predicted molar refractivity (Wildman–Crippen MR) is 62.0 cm³/mol. The third-order valence-corrected chi connectivity index (χ3v) is 1.81. The average molecular weight is 234 g/mol. The molecule has 76 valence electrons. The summed E-state index contributed by atoms with van der Waals surface area (Å²) in [6.07, 6.45) is 1.09. The molecule has 0 amide bonds. The van der Waals surface area contributed by atoms with Crippen LogP contribution < -0.4 is 5.73 Å². The topological polar surface area (TPSA) is 53.1 Å². The summed E-state index contributed by atoms with van der Waals surface area (Å²) in [7, 11) is 4.08. The van der Waals surface area contributed by atoms with Gasteiger partial charge in [-0.3, -0.25) is 5.41 Å². The molecule has 12 heavy (non-hydrogen) atoms. The van der Waals surface area contributed by atoms with Crippen LogP contribution >= 0.6 is 36.6 Å². The fraction of sp³-hybridized carbons (Fsp3) is 0.833. The molecule has 3 nitrogen and oxygen atoms in total. The van der Waals surface area contributed by atoms with Crippen molar-refractivity contribution in [3.63, 3.8) is 0 Å². The molecule has 0 spiro atoms. The number of hydrogen-bond acceptors (Lipinski definition) is 3. The molecule has 0 heterocycles. The van der Waals surface area contributed by atoms with Gasteiger partial charge < -0.3 is 10.6 Å². The Labute approximate surface area is 90.8 Å². The molecule has 0 aliphatic heterocycles. The Balaban J connectivity index is -0.000000405. The zero-order valence-corrected chi connectivity index (χ0v) is 9.82. The molecule has 0 aromatic heterocycles. The van der Waals surface area contributed by atoms with Crippen LogP contribution in [-0.4, -0.2) is 36.5 Å². The summed E-state index contributed by atoms with van der Waals surface area (Å²) in [6.45, 7) is 1.07. The molecule has 0 aromatic rings. The van der Waals surface area contributed by atoms with Crippen molar-refractivity contribution in [3.8, 4) is 0 Å². The SMILES string of the molecule is CN(C)CCCSC(=N)N.Cl.Cl. The summed E-state index contributed by atoms with van der Waals surface area (Å²) in [5.74, 6) is 0.952. The fourth-order valence-corrected chi connectivity index (χ4v) is 1.06. The standard InChI is InChI=1S/C6H15N3S.2ClH/c1-9(2)4-3-5-10-6(7)8;;/h3-5H2,1-2H3,(H3,7,8);2*1H. The Bertz CT molecular complexity index is 111. The first kappa shape index (κ1) is 18.2. The van der Waals surface area contributed by atoms with Gasteiger partial charge in [0.25, 0.3) is 0 Å². The van der Waals surface area contributed by atoms with Crippen LogP contribution in [0.1, 0.15) is 6.42 Å². The molecule has 0 fully saturated rings. The minimum Gasteiger partial charge on any atom is -0.379 e. The lowest BCUT2D eigenvalue weighted by atomic mass is 10.5. The van der Waals surface area contributed by atoms with E-state index in [0.717, 1.165) is 18.7 Å². The van der Waals surface area contributed by atoms with E-state index in [-0.39, 0.29) is 30.0 Å². The van der Waals surface area contributed by atoms with E-state index in [2.05, 4.69) is 4.90 Å². The maximum atomic E-state index is 6.91. The quantitative estimate of drug-likeness (QED) is 0.439. The Kier molecular flexibility index (Phi) is 17.2. The van der Waals surface area contributed by atoms with Crippen molar-refractivity contribution in [2.75, 3.05) is 26.4 Å². The van der Waals surface area contributed by atoms with Gasteiger partial charge in [0.1, 0.15) is 0 Å². The van der Waals surface area contributed by atoms with E-state index in [1.165, 1.54) is 11.8 Å². The Morgan fingerprint density at radius 2 is 1.92 bits per heavy atom. The van der Waals surface area contributed by atoms with Crippen LogP contribution in [0.4, 0.5) is 0 Å². The van der Waals surface area contributed by atoms with Crippen LogP contribution in [0.15, 0.2) is 0 Å². The number of thioether (sulfide) groups is 1. The van der Waals surface area contributed by atoms with Crippen LogP contribution in [0, 0.1) is 5.41 Å². The highest BCUT2D eigenvalue weighted by Gasteiger charge is 1.92. The Morgan fingerprint density at radius 1 is 1.42 bits per heavy atom. The maximum absolute atomic E-state index is 6.91. The van der Waals surface area contributed by atoms with Crippen LogP contribution in [-0.2, 0) is 0 Å². The lowest BCUT2D eigenvalue weighted by Crippen LogP contribution is -2.14. The monoisotopic (exact) mass is 233 g/mol. The number of nitrogens with one attached hydrogen (secondary N) is 1. The zero-order valence-electron chi connectivity index (χ0n) is 7.37. The lowest BCUT2D eigenvalue weighted by molar-refractivity contribution is 0.410. The number of nitrogens with zero attached hydrogens (tertiary/aromatic N) is 1. The zero-order chi connectivity index (χ0) is 7.98. The molecule has 0 aliphatic carbocycles. The lowest BCUT2D eigenvalue weighted by Gasteiger charge is -2.07. The normalized spacial score (nSPS) is 8.58. The molecule has 0 bridgehead atoms. The molecule has 0 saturated heterocycles. The van der Waals surface area contributed by atoms with E-state index < -0.39 is 0 Å². The smallest absolute Gasteiger partial charge is 0.151 e. The number of amidine groups is 1. The van der Waals surface area contributed by atoms with Crippen molar-refractivity contribution in [1.82, 2.24) is 4.90 Å². The van der Waals surface area contributed by atoms with E-state index in [1.807, 2.05) is 14.1 Å². The van der Waals surface area contributed by atoms with Crippen molar-refractivity contribution < 1.29 is 0 Å². The first-order chi connectivity index (χ1) is 4.63. The molecular weight excluding hydrogens is 217 g/mol. The molecule has 0 unspecified atom stereocenters. The van der Waals surface area contributed by atoms with Crippen molar-refractivity contribution in [2.45, 2.75) is 6.42 Å². The van der Waals surface area contributed by atoms with Crippen molar-refractivity contribution in [1.29, 1.82) is 5.41 Å². The highest BCUT2D eigenvalue weighted by molar-refractivity contribution is 8.13. The molecule has 0 rings (SSSR count). The van der Waals surface area contributed by atoms with E-state index in [1.54, 1.807) is 0 Å². The molecule has 0 saturated carbocycles. The molecule has 0 radical (unpaired) electrons. The van der Waals surface area contributed by atoms with Crippen LogP contribution in [0.2, 0.25) is 0 Å². The van der Waals surface area contributed by atoms with E-state index >= 15 is 0 Å². The van der Waals surface area contributed by atoms with Gasteiger partial charge in [-0.05, 0) is 27.1 Å². The molecule has 3 N–H and O–H groups in total. The minimum absolute atomic E-state index is 0. The fourth-order valence-electron chi connectivity index (χ4n) is 0.563. The highest BCUT2D eigenvalue weighted by Crippen LogP contribution is 2.00. The second-order valence-electron chi connectivity index (χ2n) is 2.37. The van der Waals surface area contributed by atoms with E-state index in [4.69, 9.17) is 11.1 Å². The summed E-state index contributed by atoms with van der Waals surface area (Å²) in [6, 6.07) is 0. The summed E-state index contributed by atoms with van der Waals surface area (Å²) in [4.78, 5) is 2.13. The van der Waals surface area contributed by atoms with Crippen LogP contribution in [0.5, 0.6) is 0 Å².